The maximum Gasteiger partial charge on any atom is 0.349 e. The molecule has 1 aromatic heterocycles. The van der Waals surface area contributed by atoms with Crippen LogP contribution in [0, 0.1) is 6.92 Å². The van der Waals surface area contributed by atoms with Crippen molar-refractivity contribution in [2.75, 3.05) is 20.7 Å². The molecule has 0 saturated carbocycles. The molecule has 0 atom stereocenters. The molecule has 0 bridgehead atoms. The third-order valence-corrected chi connectivity index (χ3v) is 7.74. The van der Waals surface area contributed by atoms with Crippen LogP contribution in [0.1, 0.15) is 20.8 Å². The van der Waals surface area contributed by atoms with Crippen molar-refractivity contribution in [2.45, 2.75) is 18.4 Å². The largest absolute Gasteiger partial charge is 0.451 e. The molecule has 0 fully saturated rings. The minimum atomic E-state index is -3.64. The lowest BCUT2D eigenvalue weighted by molar-refractivity contribution is -0.124. The number of carbonyl (C=O) groups is 2. The van der Waals surface area contributed by atoms with E-state index in [0.29, 0.717) is 10.4 Å². The molecule has 7 nitrogen and oxygen atoms in total. The first-order chi connectivity index (χ1) is 14.2. The Morgan fingerprint density at radius 3 is 2.43 bits per heavy atom. The number of fused-ring (bicyclic) bond motifs is 1. The topological polar surface area (TPSA) is 92.8 Å². The molecular formula is C21H22N2O5S2. The number of esters is 1. The Morgan fingerprint density at radius 1 is 1.07 bits per heavy atom. The number of sulfonamides is 1. The first-order valence-corrected chi connectivity index (χ1v) is 11.4. The Labute approximate surface area is 179 Å². The van der Waals surface area contributed by atoms with Crippen LogP contribution in [0.25, 0.3) is 10.1 Å². The van der Waals surface area contributed by atoms with Gasteiger partial charge in [0.2, 0.25) is 10.0 Å². The van der Waals surface area contributed by atoms with Crippen molar-refractivity contribution in [3.63, 3.8) is 0 Å². The monoisotopic (exact) mass is 446 g/mol. The van der Waals surface area contributed by atoms with Gasteiger partial charge in [0.25, 0.3) is 5.91 Å². The van der Waals surface area contributed by atoms with Crippen molar-refractivity contribution in [3.8, 4) is 0 Å². The molecule has 0 aliphatic heterocycles. The fourth-order valence-corrected chi connectivity index (χ4v) is 5.13. The first kappa shape index (κ1) is 21.9. The second-order valence-corrected chi connectivity index (χ2v) is 9.97. The number of carbonyl (C=O) groups excluding carboxylic acids is 2. The van der Waals surface area contributed by atoms with Crippen molar-refractivity contribution in [3.05, 3.63) is 64.5 Å². The molecule has 3 aromatic rings. The number of hydrogen-bond acceptors (Lipinski definition) is 6. The molecule has 1 amide bonds. The highest BCUT2D eigenvalue weighted by Gasteiger charge is 2.21. The van der Waals surface area contributed by atoms with Crippen LogP contribution < -0.4 is 5.32 Å². The molecule has 0 unspecified atom stereocenters. The van der Waals surface area contributed by atoms with Gasteiger partial charge in [-0.3, -0.25) is 4.79 Å². The highest BCUT2D eigenvalue weighted by Crippen LogP contribution is 2.30. The fraction of sp³-hybridized carbons (Fsp3) is 0.238. The SMILES string of the molecule is Cc1c(C(=O)OCC(=O)NCc2ccccc2S(=O)(=O)N(C)C)sc2ccccc12. The van der Waals surface area contributed by atoms with E-state index in [1.165, 1.54) is 31.5 Å². The predicted molar refractivity (Wildman–Crippen MR) is 116 cm³/mol. The number of ether oxygens (including phenoxy) is 1. The minimum absolute atomic E-state index is 0.00153. The molecule has 30 heavy (non-hydrogen) atoms. The van der Waals surface area contributed by atoms with Crippen LogP contribution in [-0.4, -0.2) is 45.3 Å². The van der Waals surface area contributed by atoms with Crippen LogP contribution >= 0.6 is 11.3 Å². The van der Waals surface area contributed by atoms with Crippen molar-refractivity contribution in [1.82, 2.24) is 9.62 Å². The molecular weight excluding hydrogens is 424 g/mol. The Morgan fingerprint density at radius 2 is 1.73 bits per heavy atom. The van der Waals surface area contributed by atoms with Crippen LogP contribution in [0.3, 0.4) is 0 Å². The van der Waals surface area contributed by atoms with Gasteiger partial charge in [0.05, 0.1) is 4.90 Å². The molecule has 158 valence electrons. The summed E-state index contributed by atoms with van der Waals surface area (Å²) >= 11 is 1.32. The quantitative estimate of drug-likeness (QED) is 0.564. The molecule has 1 heterocycles. The highest BCUT2D eigenvalue weighted by atomic mass is 32.2. The first-order valence-electron chi connectivity index (χ1n) is 9.14. The summed E-state index contributed by atoms with van der Waals surface area (Å²) in [4.78, 5) is 25.1. The lowest BCUT2D eigenvalue weighted by Gasteiger charge is -2.15. The van der Waals surface area contributed by atoms with E-state index in [1.54, 1.807) is 18.2 Å². The zero-order valence-electron chi connectivity index (χ0n) is 16.8. The molecule has 9 heteroatoms. The predicted octanol–water partition coefficient (Wildman–Crippen LogP) is 2.93. The number of thiophene rings is 1. The summed E-state index contributed by atoms with van der Waals surface area (Å²) in [5, 5.41) is 3.59. The summed E-state index contributed by atoms with van der Waals surface area (Å²) in [6.07, 6.45) is 0. The van der Waals surface area contributed by atoms with Crippen molar-refractivity contribution in [2.24, 2.45) is 0 Å². The van der Waals surface area contributed by atoms with Crippen LogP contribution in [-0.2, 0) is 26.1 Å². The molecule has 0 aliphatic rings. The zero-order valence-corrected chi connectivity index (χ0v) is 18.5. The number of rotatable bonds is 7. The van der Waals surface area contributed by atoms with Crippen molar-refractivity contribution < 1.29 is 22.7 Å². The third-order valence-electron chi connectivity index (χ3n) is 4.57. The van der Waals surface area contributed by atoms with Gasteiger partial charge in [-0.05, 0) is 35.6 Å². The molecule has 0 spiro atoms. The molecule has 3 rings (SSSR count). The summed E-state index contributed by atoms with van der Waals surface area (Å²) in [6, 6.07) is 14.1. The van der Waals surface area contributed by atoms with E-state index >= 15 is 0 Å². The summed E-state index contributed by atoms with van der Waals surface area (Å²) in [5.74, 6) is -1.07. The van der Waals surface area contributed by atoms with E-state index < -0.39 is 28.5 Å². The lowest BCUT2D eigenvalue weighted by atomic mass is 10.1. The van der Waals surface area contributed by atoms with E-state index in [9.17, 15) is 18.0 Å². The van der Waals surface area contributed by atoms with Crippen molar-refractivity contribution in [1.29, 1.82) is 0 Å². The number of hydrogen-bond donors (Lipinski definition) is 1. The summed E-state index contributed by atoms with van der Waals surface area (Å²) in [7, 11) is -0.748. The van der Waals surface area contributed by atoms with E-state index in [4.69, 9.17) is 4.74 Å². The van der Waals surface area contributed by atoms with Crippen molar-refractivity contribution >= 4 is 43.3 Å². The highest BCUT2D eigenvalue weighted by molar-refractivity contribution is 7.89. The van der Waals surface area contributed by atoms with E-state index in [-0.39, 0.29) is 11.4 Å². The third kappa shape index (κ3) is 4.53. The minimum Gasteiger partial charge on any atom is -0.451 e. The Bertz CT molecular complexity index is 1200. The van der Waals surface area contributed by atoms with Gasteiger partial charge in [0.1, 0.15) is 4.88 Å². The number of nitrogens with zero attached hydrogens (tertiary/aromatic N) is 1. The standard InChI is InChI=1S/C21H22N2O5S2/c1-14-16-9-5-6-10-17(16)29-20(14)21(25)28-13-19(24)22-12-15-8-4-7-11-18(15)30(26,27)23(2)3/h4-11H,12-13H2,1-3H3,(H,22,24). The van der Waals surface area contributed by atoms with E-state index in [0.717, 1.165) is 20.0 Å². The van der Waals surface area contributed by atoms with Crippen LogP contribution in [0.4, 0.5) is 0 Å². The maximum absolute atomic E-state index is 12.4. The molecule has 1 N–H and O–H groups in total. The van der Waals surface area contributed by atoms with Gasteiger partial charge in [-0.2, -0.15) is 0 Å². The Hall–Kier alpha value is -2.75. The fourth-order valence-electron chi connectivity index (χ4n) is 2.91. The summed E-state index contributed by atoms with van der Waals surface area (Å²) < 4.78 is 32.1. The Kier molecular flexibility index (Phi) is 6.55. The van der Waals surface area contributed by atoms with Gasteiger partial charge in [-0.1, -0.05) is 36.4 Å². The molecule has 0 saturated heterocycles. The van der Waals surface area contributed by atoms with Gasteiger partial charge >= 0.3 is 5.97 Å². The van der Waals surface area contributed by atoms with Gasteiger partial charge in [0.15, 0.2) is 6.61 Å². The van der Waals surface area contributed by atoms with E-state index in [2.05, 4.69) is 5.32 Å². The summed E-state index contributed by atoms with van der Waals surface area (Å²) in [6.45, 7) is 1.40. The normalized spacial score (nSPS) is 11.6. The second-order valence-electron chi connectivity index (χ2n) is 6.80. The van der Waals surface area contributed by atoms with Crippen LogP contribution in [0.5, 0.6) is 0 Å². The average molecular weight is 447 g/mol. The summed E-state index contributed by atoms with van der Waals surface area (Å²) in [5.41, 5.74) is 1.27. The number of aryl methyl sites for hydroxylation is 1. The average Bonchev–Trinajstić information content (AvgIpc) is 3.07. The number of amides is 1. The van der Waals surface area contributed by atoms with Gasteiger partial charge < -0.3 is 10.1 Å². The smallest absolute Gasteiger partial charge is 0.349 e. The van der Waals surface area contributed by atoms with E-state index in [1.807, 2.05) is 31.2 Å². The van der Waals surface area contributed by atoms with Crippen LogP contribution in [0.15, 0.2) is 53.4 Å². The zero-order chi connectivity index (χ0) is 21.9. The molecule has 0 aliphatic carbocycles. The molecule has 2 aromatic carbocycles. The number of benzene rings is 2. The van der Waals surface area contributed by atoms with Crippen LogP contribution in [0.2, 0.25) is 0 Å². The second kappa shape index (κ2) is 8.95. The maximum atomic E-state index is 12.4. The van der Waals surface area contributed by atoms with Gasteiger partial charge in [-0.25, -0.2) is 17.5 Å². The molecule has 0 radical (unpaired) electrons. The van der Waals surface area contributed by atoms with Gasteiger partial charge in [-0.15, -0.1) is 11.3 Å². The van der Waals surface area contributed by atoms with Gasteiger partial charge in [0, 0.05) is 25.3 Å². The lowest BCUT2D eigenvalue weighted by Crippen LogP contribution is -2.30. The number of nitrogens with one attached hydrogen (secondary N) is 1. The Balaban J connectivity index is 1.62.